The maximum absolute atomic E-state index is 12.3. The van der Waals surface area contributed by atoms with Crippen LogP contribution in [0.4, 0.5) is 0 Å². The van der Waals surface area contributed by atoms with Crippen molar-refractivity contribution in [1.29, 1.82) is 0 Å². The predicted octanol–water partition coefficient (Wildman–Crippen LogP) is 1.98. The number of hydrogen-bond acceptors (Lipinski definition) is 1. The molecule has 2 fully saturated rings. The van der Waals surface area contributed by atoms with E-state index in [-0.39, 0.29) is 24.6 Å². The standard InChI is InChI=1S/C22H29NO.Li/c24-20-13-7-12-18-14-15-19(23-22(18)20)21(16-8-3-1-4-9-16)17-10-5-2-6-11-17;/h7,12-17,21,24H,1-6,8-11H2;/q;+1. The Morgan fingerprint density at radius 2 is 1.40 bits per heavy atom. The van der Waals surface area contributed by atoms with Crippen LogP contribution in [0.3, 0.4) is 0 Å². The number of H-pyrrole nitrogens is 1. The van der Waals surface area contributed by atoms with Gasteiger partial charge < -0.3 is 5.11 Å². The molecule has 2 aromatic rings. The number of aromatic nitrogens is 1. The molecule has 0 saturated heterocycles. The first-order valence-corrected chi connectivity index (χ1v) is 9.95. The zero-order valence-corrected chi connectivity index (χ0v) is 15.6. The van der Waals surface area contributed by atoms with Crippen LogP contribution in [0.5, 0.6) is 5.75 Å². The summed E-state index contributed by atoms with van der Waals surface area (Å²) < 4.78 is 0. The van der Waals surface area contributed by atoms with Gasteiger partial charge in [0.25, 0.3) is 0 Å². The molecule has 0 aliphatic heterocycles. The van der Waals surface area contributed by atoms with E-state index in [2.05, 4.69) is 17.1 Å². The summed E-state index contributed by atoms with van der Waals surface area (Å²) >= 11 is 0. The summed E-state index contributed by atoms with van der Waals surface area (Å²) in [7, 11) is 0. The fourth-order valence-electron chi connectivity index (χ4n) is 5.26. The van der Waals surface area contributed by atoms with Crippen molar-refractivity contribution in [3.05, 3.63) is 36.0 Å². The molecule has 1 N–H and O–H groups in total. The molecule has 0 radical (unpaired) electrons. The maximum atomic E-state index is 12.3. The number of rotatable bonds is 3. The summed E-state index contributed by atoms with van der Waals surface area (Å²) in [5.74, 6) is 2.35. The van der Waals surface area contributed by atoms with Gasteiger partial charge in [0.1, 0.15) is 0 Å². The van der Waals surface area contributed by atoms with Crippen LogP contribution in [-0.4, -0.2) is 0 Å². The molecule has 2 aliphatic rings. The van der Waals surface area contributed by atoms with Crippen LogP contribution < -0.4 is 29.0 Å². The van der Waals surface area contributed by atoms with E-state index >= 15 is 0 Å². The van der Waals surface area contributed by atoms with E-state index < -0.39 is 0 Å². The quantitative estimate of drug-likeness (QED) is 0.793. The predicted molar refractivity (Wildman–Crippen MR) is 95.8 cm³/mol. The third kappa shape index (κ3) is 4.07. The number of aromatic amines is 1. The molecule has 128 valence electrons. The topological polar surface area (TPSA) is 37.2 Å². The Hall–Kier alpha value is -0.973. The second-order valence-electron chi connectivity index (χ2n) is 7.96. The van der Waals surface area contributed by atoms with Crippen molar-refractivity contribution in [2.45, 2.75) is 70.1 Å². The second-order valence-corrected chi connectivity index (χ2v) is 7.96. The molecule has 0 spiro atoms. The van der Waals surface area contributed by atoms with Crippen LogP contribution in [0.25, 0.3) is 10.9 Å². The smallest absolute Gasteiger partial charge is 0.868 e. The molecule has 4 rings (SSSR count). The molecule has 2 aliphatic carbocycles. The van der Waals surface area contributed by atoms with E-state index in [0.717, 1.165) is 22.7 Å². The van der Waals surface area contributed by atoms with Crippen molar-refractivity contribution in [3.8, 4) is 5.75 Å². The molecule has 0 unspecified atom stereocenters. The second kappa shape index (κ2) is 8.61. The summed E-state index contributed by atoms with van der Waals surface area (Å²) in [6, 6.07) is 10.0. The Morgan fingerprint density at radius 1 is 0.800 bits per heavy atom. The average Bonchev–Trinajstić information content (AvgIpc) is 2.64. The van der Waals surface area contributed by atoms with Crippen molar-refractivity contribution in [2.75, 3.05) is 0 Å². The van der Waals surface area contributed by atoms with Crippen LogP contribution in [0.2, 0.25) is 0 Å². The van der Waals surface area contributed by atoms with Gasteiger partial charge in [-0.2, -0.15) is 0 Å². The zero-order chi connectivity index (χ0) is 16.4. The minimum atomic E-state index is 0. The van der Waals surface area contributed by atoms with Crippen molar-refractivity contribution in [1.82, 2.24) is 0 Å². The molecule has 0 amide bonds. The van der Waals surface area contributed by atoms with Gasteiger partial charge in [-0.3, -0.25) is 0 Å². The summed E-state index contributed by atoms with van der Waals surface area (Å²) in [6.45, 7) is 0. The fraction of sp³-hybridized carbons (Fsp3) is 0.591. The van der Waals surface area contributed by atoms with Crippen LogP contribution in [0, 0.1) is 11.8 Å². The number of hydrogen-bond donors (Lipinski definition) is 0. The third-order valence-corrected chi connectivity index (χ3v) is 6.44. The van der Waals surface area contributed by atoms with Crippen LogP contribution in [0.1, 0.15) is 75.8 Å². The Balaban J connectivity index is 0.00000182. The molecule has 2 saturated carbocycles. The third-order valence-electron chi connectivity index (χ3n) is 6.44. The van der Waals surface area contributed by atoms with Gasteiger partial charge in [0, 0.05) is 17.4 Å². The van der Waals surface area contributed by atoms with Crippen LogP contribution in [0.15, 0.2) is 30.3 Å². The number of benzene rings is 1. The number of fused-ring (bicyclic) bond motifs is 1. The van der Waals surface area contributed by atoms with Crippen LogP contribution in [-0.2, 0) is 0 Å². The Labute approximate surface area is 163 Å². The fourth-order valence-corrected chi connectivity index (χ4v) is 5.26. The van der Waals surface area contributed by atoms with Gasteiger partial charge in [-0.25, -0.2) is 4.98 Å². The number of nitrogens with one attached hydrogen (secondary N) is 1. The van der Waals surface area contributed by atoms with Gasteiger partial charge in [0.05, 0.1) is 0 Å². The molecule has 3 heteroatoms. The maximum Gasteiger partial charge on any atom is 1.00 e. The summed E-state index contributed by atoms with van der Waals surface area (Å²) in [5, 5.41) is 13.3. The first-order chi connectivity index (χ1) is 11.8. The van der Waals surface area contributed by atoms with Crippen LogP contribution >= 0.6 is 0 Å². The zero-order valence-electron chi connectivity index (χ0n) is 15.6. The molecular weight excluding hydrogens is 301 g/mol. The molecule has 2 nitrogen and oxygen atoms in total. The van der Waals surface area contributed by atoms with Crippen molar-refractivity contribution >= 4 is 10.9 Å². The molecule has 0 atom stereocenters. The first kappa shape index (κ1) is 18.8. The number of para-hydroxylation sites is 1. The minimum Gasteiger partial charge on any atom is -0.868 e. The van der Waals surface area contributed by atoms with E-state index in [1.807, 2.05) is 12.1 Å². The van der Waals surface area contributed by atoms with E-state index in [1.54, 1.807) is 6.07 Å². The SMILES string of the molecule is [Li+].[O-]c1cccc2ccc(C(C3CCCCC3)C3CCCCC3)[nH+]c12. The monoisotopic (exact) mass is 330 g/mol. The van der Waals surface area contributed by atoms with Gasteiger partial charge in [0.15, 0.2) is 5.69 Å². The van der Waals surface area contributed by atoms with Gasteiger partial charge in [0.2, 0.25) is 5.52 Å². The van der Waals surface area contributed by atoms with E-state index in [4.69, 9.17) is 0 Å². The van der Waals surface area contributed by atoms with E-state index in [1.165, 1.54) is 69.9 Å². The molecule has 0 bridgehead atoms. The minimum absolute atomic E-state index is 0. The Morgan fingerprint density at radius 3 is 2.00 bits per heavy atom. The number of pyridine rings is 1. The molecule has 1 aromatic heterocycles. The van der Waals surface area contributed by atoms with Crippen molar-refractivity contribution < 1.29 is 29.0 Å². The van der Waals surface area contributed by atoms with Crippen molar-refractivity contribution in [2.24, 2.45) is 11.8 Å². The summed E-state index contributed by atoms with van der Waals surface area (Å²) in [4.78, 5) is 3.58. The first-order valence-electron chi connectivity index (χ1n) is 9.95. The van der Waals surface area contributed by atoms with Gasteiger partial charge in [-0.15, -0.1) is 0 Å². The van der Waals surface area contributed by atoms with Gasteiger partial charge in [-0.1, -0.05) is 50.7 Å². The van der Waals surface area contributed by atoms with E-state index in [0.29, 0.717) is 5.92 Å². The van der Waals surface area contributed by atoms with Crippen molar-refractivity contribution in [3.63, 3.8) is 0 Å². The molecule has 1 aromatic carbocycles. The average molecular weight is 330 g/mol. The molecule has 25 heavy (non-hydrogen) atoms. The normalized spacial score (nSPS) is 19.9. The molecule has 1 heterocycles. The Kier molecular flexibility index (Phi) is 6.48. The summed E-state index contributed by atoms with van der Waals surface area (Å²) in [5.41, 5.74) is 2.12. The van der Waals surface area contributed by atoms with Gasteiger partial charge >= 0.3 is 18.9 Å². The largest absolute Gasteiger partial charge is 1.00 e. The summed E-state index contributed by atoms with van der Waals surface area (Å²) in [6.07, 6.45) is 13.8. The van der Waals surface area contributed by atoms with E-state index in [9.17, 15) is 5.11 Å². The Bertz CT molecular complexity index is 671. The molecular formula is C22H29LiNO+. The van der Waals surface area contributed by atoms with Gasteiger partial charge in [-0.05, 0) is 55.4 Å².